The van der Waals surface area contributed by atoms with Gasteiger partial charge in [-0.2, -0.15) is 5.10 Å². The molecule has 0 unspecified atom stereocenters. The minimum atomic E-state index is -3.58. The average Bonchev–Trinajstić information content (AvgIpc) is 2.77. The number of aryl methyl sites for hydroxylation is 2. The zero-order valence-electron chi connectivity index (χ0n) is 11.9. The third kappa shape index (κ3) is 3.29. The number of sulfonamides is 1. The van der Waals surface area contributed by atoms with Crippen molar-refractivity contribution < 1.29 is 13.2 Å². The van der Waals surface area contributed by atoms with Gasteiger partial charge in [0.1, 0.15) is 5.82 Å². The molecule has 0 saturated carbocycles. The minimum absolute atomic E-state index is 0.0406. The highest BCUT2D eigenvalue weighted by atomic mass is 32.2. The Morgan fingerprint density at radius 2 is 2.00 bits per heavy atom. The van der Waals surface area contributed by atoms with Crippen molar-refractivity contribution in [1.82, 2.24) is 14.5 Å². The van der Waals surface area contributed by atoms with Crippen molar-refractivity contribution in [1.29, 1.82) is 0 Å². The standard InChI is InChI=1S/C13H16N4O3S/c1-9-7-12(17(3)16-9)15-13(18)10-5-4-6-11(8-10)21(19,20)14-2/h4-8,14H,1-3H3,(H,15,18). The highest BCUT2D eigenvalue weighted by Gasteiger charge is 2.15. The average molecular weight is 308 g/mol. The van der Waals surface area contributed by atoms with E-state index in [-0.39, 0.29) is 10.5 Å². The van der Waals surface area contributed by atoms with Crippen LogP contribution in [0.3, 0.4) is 0 Å². The van der Waals surface area contributed by atoms with Crippen LogP contribution in [0.25, 0.3) is 0 Å². The van der Waals surface area contributed by atoms with Crippen molar-refractivity contribution in [2.24, 2.45) is 7.05 Å². The summed E-state index contributed by atoms with van der Waals surface area (Å²) in [7, 11) is -0.546. The van der Waals surface area contributed by atoms with E-state index in [1.807, 2.05) is 6.92 Å². The molecule has 1 aromatic carbocycles. The Bertz CT molecular complexity index is 780. The molecule has 1 amide bonds. The molecule has 0 atom stereocenters. The maximum atomic E-state index is 12.2. The molecule has 0 saturated heterocycles. The third-order valence-corrected chi connectivity index (χ3v) is 4.33. The first-order valence-electron chi connectivity index (χ1n) is 6.19. The van der Waals surface area contributed by atoms with E-state index < -0.39 is 15.9 Å². The molecule has 1 heterocycles. The van der Waals surface area contributed by atoms with Gasteiger partial charge in [-0.15, -0.1) is 0 Å². The van der Waals surface area contributed by atoms with E-state index >= 15 is 0 Å². The van der Waals surface area contributed by atoms with Gasteiger partial charge in [0.05, 0.1) is 10.6 Å². The molecular formula is C13H16N4O3S. The molecule has 2 rings (SSSR count). The molecule has 0 fully saturated rings. The highest BCUT2D eigenvalue weighted by molar-refractivity contribution is 7.89. The normalized spacial score (nSPS) is 11.4. The number of hydrogen-bond donors (Lipinski definition) is 2. The molecular weight excluding hydrogens is 292 g/mol. The van der Waals surface area contributed by atoms with Gasteiger partial charge in [0.15, 0.2) is 0 Å². The van der Waals surface area contributed by atoms with Gasteiger partial charge in [0.2, 0.25) is 10.0 Å². The lowest BCUT2D eigenvalue weighted by Crippen LogP contribution is -2.20. The van der Waals surface area contributed by atoms with E-state index in [0.717, 1.165) is 5.69 Å². The van der Waals surface area contributed by atoms with Crippen molar-refractivity contribution in [3.8, 4) is 0 Å². The smallest absolute Gasteiger partial charge is 0.256 e. The summed E-state index contributed by atoms with van der Waals surface area (Å²) < 4.78 is 27.2. The fourth-order valence-corrected chi connectivity index (χ4v) is 2.61. The SMILES string of the molecule is CNS(=O)(=O)c1cccc(C(=O)Nc2cc(C)nn2C)c1. The van der Waals surface area contributed by atoms with Crippen LogP contribution in [0.4, 0.5) is 5.82 Å². The predicted octanol–water partition coefficient (Wildman–Crippen LogP) is 0.889. The first-order chi connectivity index (χ1) is 9.83. The van der Waals surface area contributed by atoms with Crippen LogP contribution in [0.15, 0.2) is 35.2 Å². The minimum Gasteiger partial charge on any atom is -0.307 e. The molecule has 112 valence electrons. The molecule has 0 spiro atoms. The van der Waals surface area contributed by atoms with E-state index in [0.29, 0.717) is 5.82 Å². The van der Waals surface area contributed by atoms with Crippen LogP contribution in [0, 0.1) is 6.92 Å². The number of rotatable bonds is 4. The van der Waals surface area contributed by atoms with E-state index in [1.54, 1.807) is 23.9 Å². The Kier molecular flexibility index (Phi) is 4.10. The van der Waals surface area contributed by atoms with Crippen LogP contribution in [-0.4, -0.2) is 31.2 Å². The van der Waals surface area contributed by atoms with Gasteiger partial charge in [-0.25, -0.2) is 13.1 Å². The van der Waals surface area contributed by atoms with Crippen LogP contribution in [0.1, 0.15) is 16.1 Å². The van der Waals surface area contributed by atoms with Gasteiger partial charge in [-0.05, 0) is 32.2 Å². The Balaban J connectivity index is 2.28. The van der Waals surface area contributed by atoms with Crippen LogP contribution in [-0.2, 0) is 17.1 Å². The number of amides is 1. The quantitative estimate of drug-likeness (QED) is 0.877. The number of nitrogens with one attached hydrogen (secondary N) is 2. The molecule has 21 heavy (non-hydrogen) atoms. The summed E-state index contributed by atoms with van der Waals surface area (Å²) in [4.78, 5) is 12.2. The Labute approximate surface area is 123 Å². The molecule has 0 radical (unpaired) electrons. The van der Waals surface area contributed by atoms with E-state index in [1.165, 1.54) is 25.2 Å². The fourth-order valence-electron chi connectivity index (χ4n) is 1.84. The van der Waals surface area contributed by atoms with Crippen LogP contribution < -0.4 is 10.0 Å². The lowest BCUT2D eigenvalue weighted by Gasteiger charge is -2.07. The zero-order chi connectivity index (χ0) is 15.6. The molecule has 0 aliphatic rings. The number of nitrogens with zero attached hydrogens (tertiary/aromatic N) is 2. The van der Waals surface area contributed by atoms with Gasteiger partial charge in [0.25, 0.3) is 5.91 Å². The third-order valence-electron chi connectivity index (χ3n) is 2.92. The molecule has 1 aromatic heterocycles. The molecule has 8 heteroatoms. The molecule has 2 aromatic rings. The van der Waals surface area contributed by atoms with Crippen molar-refractivity contribution in [3.05, 3.63) is 41.6 Å². The zero-order valence-corrected chi connectivity index (χ0v) is 12.7. The van der Waals surface area contributed by atoms with Crippen molar-refractivity contribution in [3.63, 3.8) is 0 Å². The second kappa shape index (κ2) is 5.66. The summed E-state index contributed by atoms with van der Waals surface area (Å²) in [6, 6.07) is 7.55. The maximum absolute atomic E-state index is 12.2. The molecule has 0 aliphatic carbocycles. The van der Waals surface area contributed by atoms with Crippen molar-refractivity contribution in [2.75, 3.05) is 12.4 Å². The van der Waals surface area contributed by atoms with Gasteiger partial charge >= 0.3 is 0 Å². The van der Waals surface area contributed by atoms with Crippen molar-refractivity contribution in [2.45, 2.75) is 11.8 Å². The molecule has 0 aliphatic heterocycles. The summed E-state index contributed by atoms with van der Waals surface area (Å²) in [5, 5.41) is 6.81. The molecule has 7 nitrogen and oxygen atoms in total. The number of carbonyl (C=O) groups excluding carboxylic acids is 1. The Morgan fingerprint density at radius 3 is 2.57 bits per heavy atom. The topological polar surface area (TPSA) is 93.1 Å². The summed E-state index contributed by atoms with van der Waals surface area (Å²) in [6.45, 7) is 1.82. The molecule has 0 bridgehead atoms. The lowest BCUT2D eigenvalue weighted by molar-refractivity contribution is 0.102. The van der Waals surface area contributed by atoms with E-state index in [4.69, 9.17) is 0 Å². The number of benzene rings is 1. The van der Waals surface area contributed by atoms with Crippen LogP contribution in [0.5, 0.6) is 0 Å². The monoisotopic (exact) mass is 308 g/mol. The fraction of sp³-hybridized carbons (Fsp3) is 0.231. The van der Waals surface area contributed by atoms with Gasteiger partial charge in [0, 0.05) is 18.7 Å². The number of hydrogen-bond acceptors (Lipinski definition) is 4. The first kappa shape index (κ1) is 15.2. The van der Waals surface area contributed by atoms with Gasteiger partial charge in [-0.3, -0.25) is 9.48 Å². The van der Waals surface area contributed by atoms with Crippen molar-refractivity contribution >= 4 is 21.7 Å². The Hall–Kier alpha value is -2.19. The second-order valence-electron chi connectivity index (χ2n) is 4.48. The summed E-state index contributed by atoms with van der Waals surface area (Å²) >= 11 is 0. The highest BCUT2D eigenvalue weighted by Crippen LogP contribution is 2.14. The maximum Gasteiger partial charge on any atom is 0.256 e. The van der Waals surface area contributed by atoms with Crippen LogP contribution >= 0.6 is 0 Å². The number of aromatic nitrogens is 2. The van der Waals surface area contributed by atoms with E-state index in [2.05, 4.69) is 15.1 Å². The van der Waals surface area contributed by atoms with Crippen LogP contribution in [0.2, 0.25) is 0 Å². The summed E-state index contributed by atoms with van der Waals surface area (Å²) in [6.07, 6.45) is 0. The summed E-state index contributed by atoms with van der Waals surface area (Å²) in [5.74, 6) is 0.144. The van der Waals surface area contributed by atoms with E-state index in [9.17, 15) is 13.2 Å². The number of anilines is 1. The Morgan fingerprint density at radius 1 is 1.29 bits per heavy atom. The molecule has 2 N–H and O–H groups in total. The second-order valence-corrected chi connectivity index (χ2v) is 6.37. The lowest BCUT2D eigenvalue weighted by atomic mass is 10.2. The first-order valence-corrected chi connectivity index (χ1v) is 7.67. The number of carbonyl (C=O) groups is 1. The largest absolute Gasteiger partial charge is 0.307 e. The van der Waals surface area contributed by atoms with Gasteiger partial charge in [-0.1, -0.05) is 6.07 Å². The van der Waals surface area contributed by atoms with Gasteiger partial charge < -0.3 is 5.32 Å². The summed E-state index contributed by atoms with van der Waals surface area (Å²) in [5.41, 5.74) is 1.03. The predicted molar refractivity (Wildman–Crippen MR) is 78.6 cm³/mol.